The lowest BCUT2D eigenvalue weighted by Gasteiger charge is -2.08. The molecular formula is C21H22FN3O5. The Labute approximate surface area is 173 Å². The molecule has 0 aromatic heterocycles. The molecule has 0 bridgehead atoms. The smallest absolute Gasteiger partial charge is 0.349 e. The Morgan fingerprint density at radius 3 is 2.50 bits per heavy atom. The number of hydrogen-bond acceptors (Lipinski definition) is 7. The van der Waals surface area contributed by atoms with Crippen LogP contribution in [0.25, 0.3) is 0 Å². The first-order valence-corrected chi connectivity index (χ1v) is 9.08. The van der Waals surface area contributed by atoms with Gasteiger partial charge in [0.2, 0.25) is 0 Å². The molecule has 30 heavy (non-hydrogen) atoms. The highest BCUT2D eigenvalue weighted by Crippen LogP contribution is 2.24. The van der Waals surface area contributed by atoms with Gasteiger partial charge in [0.1, 0.15) is 5.75 Å². The van der Waals surface area contributed by atoms with E-state index in [0.717, 1.165) is 0 Å². The number of ether oxygens (including phenoxy) is 3. The first-order chi connectivity index (χ1) is 14.5. The van der Waals surface area contributed by atoms with Crippen molar-refractivity contribution in [1.29, 1.82) is 0 Å². The maximum Gasteiger partial charge on any atom is 0.349 e. The highest BCUT2D eigenvalue weighted by atomic mass is 19.1. The highest BCUT2D eigenvalue weighted by molar-refractivity contribution is 6.18. The molecule has 0 aliphatic rings. The van der Waals surface area contributed by atoms with Crippen LogP contribution < -0.4 is 10.5 Å². The van der Waals surface area contributed by atoms with Gasteiger partial charge in [-0.15, -0.1) is 5.10 Å². The Hall–Kier alpha value is -3.88. The van der Waals surface area contributed by atoms with Crippen LogP contribution in [-0.4, -0.2) is 36.3 Å². The number of aliphatic hydroxyl groups excluding tert-OH is 1. The molecule has 2 rings (SSSR count). The van der Waals surface area contributed by atoms with E-state index in [1.807, 2.05) is 6.07 Å². The number of esters is 1. The average Bonchev–Trinajstić information content (AvgIpc) is 2.72. The molecule has 9 heteroatoms. The van der Waals surface area contributed by atoms with Crippen molar-refractivity contribution in [3.05, 3.63) is 71.4 Å². The summed E-state index contributed by atoms with van der Waals surface area (Å²) in [6, 6.07) is 12.8. The van der Waals surface area contributed by atoms with E-state index in [0.29, 0.717) is 11.3 Å². The fourth-order valence-electron chi connectivity index (χ4n) is 2.22. The van der Waals surface area contributed by atoms with Crippen LogP contribution in [0, 0.1) is 5.82 Å². The van der Waals surface area contributed by atoms with Crippen molar-refractivity contribution in [2.45, 2.75) is 13.8 Å². The van der Waals surface area contributed by atoms with Gasteiger partial charge in [-0.1, -0.05) is 24.3 Å². The van der Waals surface area contributed by atoms with E-state index < -0.39 is 29.1 Å². The third kappa shape index (κ3) is 6.33. The molecule has 0 fully saturated rings. The fourth-order valence-corrected chi connectivity index (χ4v) is 2.22. The van der Waals surface area contributed by atoms with Crippen molar-refractivity contribution in [2.24, 2.45) is 15.9 Å². The molecule has 0 saturated heterocycles. The molecule has 0 amide bonds. The van der Waals surface area contributed by atoms with Gasteiger partial charge in [0.25, 0.3) is 5.95 Å². The summed E-state index contributed by atoms with van der Waals surface area (Å²) in [5.41, 5.74) is 5.78. The van der Waals surface area contributed by atoms with Crippen molar-refractivity contribution in [3.8, 4) is 11.5 Å². The van der Waals surface area contributed by atoms with E-state index in [1.165, 1.54) is 24.4 Å². The molecule has 0 atom stereocenters. The molecular weight excluding hydrogens is 393 g/mol. The van der Waals surface area contributed by atoms with E-state index >= 15 is 0 Å². The lowest BCUT2D eigenvalue weighted by atomic mass is 10.2. The Morgan fingerprint density at radius 1 is 1.13 bits per heavy atom. The number of carbonyl (C=O) groups excluding carboxylic acids is 1. The standard InChI is InChI=1S/C21H22FN3O5/c1-3-28-20(26)18(21(27)29-4-2)19(23)25-24-13-14-10-11-16(22)17(12-14)30-15-8-6-5-7-9-15/h5-13,26H,3-4H2,1-2H3,(H2,23,25). The summed E-state index contributed by atoms with van der Waals surface area (Å²) in [6.07, 6.45) is 1.28. The van der Waals surface area contributed by atoms with Crippen molar-refractivity contribution >= 4 is 18.0 Å². The van der Waals surface area contributed by atoms with Crippen LogP contribution in [0.15, 0.2) is 70.3 Å². The number of nitrogens with two attached hydrogens (primary N) is 1. The predicted molar refractivity (Wildman–Crippen MR) is 110 cm³/mol. The molecule has 0 heterocycles. The summed E-state index contributed by atoms with van der Waals surface area (Å²) in [5.74, 6) is -2.09. The number of para-hydroxylation sites is 1. The molecule has 3 N–H and O–H groups in total. The maximum absolute atomic E-state index is 14.0. The number of rotatable bonds is 9. The quantitative estimate of drug-likeness (QED) is 0.161. The fraction of sp³-hybridized carbons (Fsp3) is 0.190. The topological polar surface area (TPSA) is 116 Å². The number of carbonyl (C=O) groups is 1. The van der Waals surface area contributed by atoms with Crippen LogP contribution >= 0.6 is 0 Å². The Morgan fingerprint density at radius 2 is 1.83 bits per heavy atom. The molecule has 8 nitrogen and oxygen atoms in total. The Bertz CT molecular complexity index is 958. The highest BCUT2D eigenvalue weighted by Gasteiger charge is 2.22. The first-order valence-electron chi connectivity index (χ1n) is 9.08. The molecule has 0 unspecified atom stereocenters. The van der Waals surface area contributed by atoms with E-state index in [4.69, 9.17) is 19.9 Å². The van der Waals surface area contributed by atoms with Crippen LogP contribution in [0.1, 0.15) is 19.4 Å². The van der Waals surface area contributed by atoms with Crippen LogP contribution in [0.3, 0.4) is 0 Å². The minimum Gasteiger partial charge on any atom is -0.480 e. The monoisotopic (exact) mass is 415 g/mol. The van der Waals surface area contributed by atoms with Gasteiger partial charge in [-0.2, -0.15) is 5.10 Å². The maximum atomic E-state index is 14.0. The average molecular weight is 415 g/mol. The van der Waals surface area contributed by atoms with Gasteiger partial charge in [0, 0.05) is 0 Å². The predicted octanol–water partition coefficient (Wildman–Crippen LogP) is 3.68. The third-order valence-electron chi connectivity index (χ3n) is 3.53. The summed E-state index contributed by atoms with van der Waals surface area (Å²) in [7, 11) is 0. The van der Waals surface area contributed by atoms with Crippen LogP contribution in [0.2, 0.25) is 0 Å². The summed E-state index contributed by atoms with van der Waals surface area (Å²) in [5, 5.41) is 17.4. The molecule has 0 aliphatic heterocycles. The molecule has 2 aromatic carbocycles. The van der Waals surface area contributed by atoms with Crippen molar-refractivity contribution < 1.29 is 28.5 Å². The summed E-state index contributed by atoms with van der Waals surface area (Å²) < 4.78 is 29.3. The summed E-state index contributed by atoms with van der Waals surface area (Å²) in [6.45, 7) is 3.39. The molecule has 0 aliphatic carbocycles. The van der Waals surface area contributed by atoms with Gasteiger partial charge >= 0.3 is 5.97 Å². The van der Waals surface area contributed by atoms with Crippen LogP contribution in [0.4, 0.5) is 4.39 Å². The lowest BCUT2D eigenvalue weighted by Crippen LogP contribution is -2.25. The molecule has 158 valence electrons. The van der Waals surface area contributed by atoms with E-state index in [-0.39, 0.29) is 19.0 Å². The van der Waals surface area contributed by atoms with E-state index in [1.54, 1.807) is 38.1 Å². The lowest BCUT2D eigenvalue weighted by molar-refractivity contribution is -0.138. The zero-order chi connectivity index (χ0) is 21.9. The summed E-state index contributed by atoms with van der Waals surface area (Å²) >= 11 is 0. The third-order valence-corrected chi connectivity index (χ3v) is 3.53. The number of benzene rings is 2. The van der Waals surface area contributed by atoms with Crippen molar-refractivity contribution in [3.63, 3.8) is 0 Å². The second-order valence-corrected chi connectivity index (χ2v) is 5.67. The Kier molecular flexibility index (Phi) is 8.37. The molecule has 0 saturated carbocycles. The van der Waals surface area contributed by atoms with E-state index in [9.17, 15) is 14.3 Å². The van der Waals surface area contributed by atoms with Crippen molar-refractivity contribution in [2.75, 3.05) is 13.2 Å². The zero-order valence-electron chi connectivity index (χ0n) is 16.5. The van der Waals surface area contributed by atoms with Gasteiger partial charge in [-0.05, 0) is 43.7 Å². The molecule has 0 spiro atoms. The second-order valence-electron chi connectivity index (χ2n) is 5.67. The summed E-state index contributed by atoms with van der Waals surface area (Å²) in [4.78, 5) is 12.0. The van der Waals surface area contributed by atoms with Gasteiger partial charge in [0.05, 0.1) is 19.4 Å². The van der Waals surface area contributed by atoms with Gasteiger partial charge in [0.15, 0.2) is 23.0 Å². The Balaban J connectivity index is 2.23. The largest absolute Gasteiger partial charge is 0.480 e. The molecule has 2 aromatic rings. The first kappa shape index (κ1) is 22.4. The van der Waals surface area contributed by atoms with Gasteiger partial charge in [-0.25, -0.2) is 9.18 Å². The number of halogens is 1. The number of amidine groups is 1. The molecule has 0 radical (unpaired) electrons. The van der Waals surface area contributed by atoms with Gasteiger partial charge in [-0.3, -0.25) is 0 Å². The van der Waals surface area contributed by atoms with E-state index in [2.05, 4.69) is 10.2 Å². The normalized spacial score (nSPS) is 12.4. The number of aliphatic hydroxyl groups is 1. The van der Waals surface area contributed by atoms with Crippen LogP contribution in [0.5, 0.6) is 11.5 Å². The second kappa shape index (κ2) is 11.2. The van der Waals surface area contributed by atoms with Crippen LogP contribution in [-0.2, 0) is 14.3 Å². The number of hydrogen-bond donors (Lipinski definition) is 2. The zero-order valence-corrected chi connectivity index (χ0v) is 16.5. The SMILES string of the molecule is CCOC(=O)C(C(N)=NN=Cc1ccc(F)c(Oc2ccccc2)c1)=C(O)OCC. The number of nitrogens with zero attached hydrogens (tertiary/aromatic N) is 2. The van der Waals surface area contributed by atoms with Gasteiger partial charge < -0.3 is 25.1 Å². The van der Waals surface area contributed by atoms with Crippen molar-refractivity contribution in [1.82, 2.24) is 0 Å². The minimum absolute atomic E-state index is 0.00296. The minimum atomic E-state index is -0.903.